The molecule has 1 aromatic rings. The van der Waals surface area contributed by atoms with Gasteiger partial charge in [-0.05, 0) is 26.3 Å². The van der Waals surface area contributed by atoms with Crippen LogP contribution >= 0.6 is 0 Å². The van der Waals surface area contributed by atoms with Crippen molar-refractivity contribution in [2.75, 3.05) is 26.2 Å². The number of carbonyl (C=O) groups is 3. The summed E-state index contributed by atoms with van der Waals surface area (Å²) in [6, 6.07) is 8.32. The molecule has 0 bridgehead atoms. The second-order valence-corrected chi connectivity index (χ2v) is 8.23. The average Bonchev–Trinajstić information content (AvgIpc) is 2.95. The predicted octanol–water partition coefficient (Wildman–Crippen LogP) is 2.56. The van der Waals surface area contributed by atoms with E-state index in [-0.39, 0.29) is 24.6 Å². The Hall–Kier alpha value is -2.77. The molecule has 0 aliphatic carbocycles. The van der Waals surface area contributed by atoms with E-state index in [1.54, 1.807) is 14.7 Å². The number of amides is 3. The molecular weight excluding hydrogens is 362 g/mol. The number of carbonyl (C=O) groups excluding carboxylic acids is 2. The first kappa shape index (κ1) is 20.0. The quantitative estimate of drug-likeness (QED) is 0.855. The van der Waals surface area contributed by atoms with Gasteiger partial charge in [0.2, 0.25) is 0 Å². The lowest BCUT2D eigenvalue weighted by Gasteiger charge is -2.37. The van der Waals surface area contributed by atoms with E-state index < -0.39 is 17.6 Å². The zero-order chi connectivity index (χ0) is 20.5. The fourth-order valence-electron chi connectivity index (χ4n) is 3.73. The molecule has 0 saturated carbocycles. The van der Waals surface area contributed by atoms with Gasteiger partial charge < -0.3 is 24.5 Å². The summed E-state index contributed by atoms with van der Waals surface area (Å²) in [5.74, 6) is -0.957. The van der Waals surface area contributed by atoms with Crippen molar-refractivity contribution in [3.8, 4) is 0 Å². The number of carboxylic acids is 1. The van der Waals surface area contributed by atoms with E-state index >= 15 is 0 Å². The first-order chi connectivity index (χ1) is 13.2. The van der Waals surface area contributed by atoms with Crippen LogP contribution in [0.2, 0.25) is 0 Å². The minimum absolute atomic E-state index is 0.161. The second kappa shape index (κ2) is 7.69. The van der Waals surface area contributed by atoms with Gasteiger partial charge in [-0.25, -0.2) is 9.59 Å². The van der Waals surface area contributed by atoms with Crippen molar-refractivity contribution in [1.82, 2.24) is 14.7 Å². The van der Waals surface area contributed by atoms with Gasteiger partial charge in [-0.15, -0.1) is 0 Å². The monoisotopic (exact) mass is 389 g/mol. The van der Waals surface area contributed by atoms with Crippen LogP contribution in [0.3, 0.4) is 0 Å². The van der Waals surface area contributed by atoms with Gasteiger partial charge in [0.1, 0.15) is 5.60 Å². The van der Waals surface area contributed by atoms with Crippen molar-refractivity contribution in [2.24, 2.45) is 0 Å². The molecule has 8 heteroatoms. The van der Waals surface area contributed by atoms with Crippen molar-refractivity contribution in [2.45, 2.75) is 44.9 Å². The van der Waals surface area contributed by atoms with Crippen molar-refractivity contribution in [3.63, 3.8) is 0 Å². The molecule has 3 amide bonds. The Bertz CT molecular complexity index is 746. The number of fused-ring (bicyclic) bond motifs is 1. The lowest BCUT2D eigenvalue weighted by Crippen LogP contribution is -2.54. The van der Waals surface area contributed by atoms with E-state index in [0.29, 0.717) is 26.2 Å². The third kappa shape index (κ3) is 4.37. The van der Waals surface area contributed by atoms with Crippen molar-refractivity contribution >= 4 is 18.1 Å². The van der Waals surface area contributed by atoms with Crippen LogP contribution < -0.4 is 0 Å². The molecule has 0 spiro atoms. The summed E-state index contributed by atoms with van der Waals surface area (Å²) in [6.45, 7) is 7.03. The SMILES string of the molecule is CC(C)(C)OC(=O)N1CCN2C(=O)N(C(CC(=O)O)c3ccccc3)CC2C1. The molecule has 2 atom stereocenters. The Kier molecular flexibility index (Phi) is 5.49. The minimum atomic E-state index is -0.957. The summed E-state index contributed by atoms with van der Waals surface area (Å²) in [5.41, 5.74) is 0.216. The topological polar surface area (TPSA) is 90.4 Å². The molecule has 8 nitrogen and oxygen atoms in total. The molecule has 2 heterocycles. The smallest absolute Gasteiger partial charge is 0.410 e. The Morgan fingerprint density at radius 3 is 2.46 bits per heavy atom. The lowest BCUT2D eigenvalue weighted by molar-refractivity contribution is -0.138. The maximum absolute atomic E-state index is 13.0. The Morgan fingerprint density at radius 2 is 1.86 bits per heavy atom. The van der Waals surface area contributed by atoms with E-state index in [2.05, 4.69) is 0 Å². The summed E-state index contributed by atoms with van der Waals surface area (Å²) in [4.78, 5) is 41.7. The number of piperazine rings is 1. The number of urea groups is 1. The highest BCUT2D eigenvalue weighted by Gasteiger charge is 2.45. The zero-order valence-electron chi connectivity index (χ0n) is 16.5. The van der Waals surface area contributed by atoms with Crippen LogP contribution in [-0.2, 0) is 9.53 Å². The van der Waals surface area contributed by atoms with E-state index in [0.717, 1.165) is 5.56 Å². The number of ether oxygens (including phenoxy) is 1. The summed E-state index contributed by atoms with van der Waals surface area (Å²) >= 11 is 0. The Balaban J connectivity index is 1.75. The van der Waals surface area contributed by atoms with E-state index in [1.165, 1.54) is 0 Å². The first-order valence-electron chi connectivity index (χ1n) is 9.47. The third-order valence-electron chi connectivity index (χ3n) is 4.96. The number of carboxylic acid groups (broad SMARTS) is 1. The van der Waals surface area contributed by atoms with Crippen LogP contribution in [0, 0.1) is 0 Å². The Morgan fingerprint density at radius 1 is 1.18 bits per heavy atom. The van der Waals surface area contributed by atoms with Crippen LogP contribution in [-0.4, -0.2) is 75.7 Å². The van der Waals surface area contributed by atoms with Gasteiger partial charge >= 0.3 is 18.1 Å². The van der Waals surface area contributed by atoms with Crippen LogP contribution in [0.1, 0.15) is 38.8 Å². The highest BCUT2D eigenvalue weighted by atomic mass is 16.6. The largest absolute Gasteiger partial charge is 0.481 e. The van der Waals surface area contributed by atoms with Gasteiger partial charge in [-0.2, -0.15) is 0 Å². The molecule has 0 radical (unpaired) electrons. The number of hydrogen-bond donors (Lipinski definition) is 1. The molecule has 28 heavy (non-hydrogen) atoms. The molecule has 152 valence electrons. The second-order valence-electron chi connectivity index (χ2n) is 8.23. The molecule has 2 aliphatic heterocycles. The number of aliphatic carboxylic acids is 1. The van der Waals surface area contributed by atoms with Gasteiger partial charge in [-0.1, -0.05) is 30.3 Å². The molecular formula is C20H27N3O5. The zero-order valence-corrected chi connectivity index (χ0v) is 16.5. The lowest BCUT2D eigenvalue weighted by atomic mass is 10.0. The molecule has 2 unspecified atom stereocenters. The summed E-state index contributed by atoms with van der Waals surface area (Å²) in [6.07, 6.45) is -0.547. The van der Waals surface area contributed by atoms with Crippen molar-refractivity contribution < 1.29 is 24.2 Å². The van der Waals surface area contributed by atoms with Gasteiger partial charge in [0, 0.05) is 26.2 Å². The van der Waals surface area contributed by atoms with Crippen LogP contribution in [0.4, 0.5) is 9.59 Å². The van der Waals surface area contributed by atoms with Crippen molar-refractivity contribution in [1.29, 1.82) is 0 Å². The van der Waals surface area contributed by atoms with E-state index in [1.807, 2.05) is 51.1 Å². The molecule has 1 aromatic carbocycles. The highest BCUT2D eigenvalue weighted by Crippen LogP contribution is 2.32. The number of hydrogen-bond acceptors (Lipinski definition) is 4. The van der Waals surface area contributed by atoms with Crippen LogP contribution in [0.5, 0.6) is 0 Å². The maximum Gasteiger partial charge on any atom is 0.410 e. The number of benzene rings is 1. The van der Waals surface area contributed by atoms with Crippen LogP contribution in [0.25, 0.3) is 0 Å². The molecule has 2 aliphatic rings. The highest BCUT2D eigenvalue weighted by molar-refractivity contribution is 5.80. The minimum Gasteiger partial charge on any atom is -0.481 e. The molecule has 2 fully saturated rings. The third-order valence-corrected chi connectivity index (χ3v) is 4.96. The molecule has 0 aromatic heterocycles. The fourth-order valence-corrected chi connectivity index (χ4v) is 3.73. The molecule has 1 N–H and O–H groups in total. The van der Waals surface area contributed by atoms with Gasteiger partial charge in [0.05, 0.1) is 18.5 Å². The predicted molar refractivity (Wildman–Crippen MR) is 102 cm³/mol. The standard InChI is InChI=1S/C20H27N3O5/c1-20(2,3)28-19(27)21-9-10-22-15(12-21)13-23(18(22)26)16(11-17(24)25)14-7-5-4-6-8-14/h4-8,15-16H,9-13H2,1-3H3,(H,24,25). The normalized spacial score (nSPS) is 20.8. The number of nitrogens with zero attached hydrogens (tertiary/aromatic N) is 3. The van der Waals surface area contributed by atoms with Gasteiger partial charge in [0.25, 0.3) is 0 Å². The van der Waals surface area contributed by atoms with E-state index in [9.17, 15) is 19.5 Å². The first-order valence-corrected chi connectivity index (χ1v) is 9.47. The van der Waals surface area contributed by atoms with Crippen LogP contribution in [0.15, 0.2) is 30.3 Å². The average molecular weight is 389 g/mol. The molecule has 3 rings (SSSR count). The Labute approximate surface area is 164 Å². The van der Waals surface area contributed by atoms with Crippen molar-refractivity contribution in [3.05, 3.63) is 35.9 Å². The molecule has 2 saturated heterocycles. The van der Waals surface area contributed by atoms with Gasteiger partial charge in [-0.3, -0.25) is 4.79 Å². The summed E-state index contributed by atoms with van der Waals surface area (Å²) < 4.78 is 5.44. The van der Waals surface area contributed by atoms with Gasteiger partial charge in [0.15, 0.2) is 0 Å². The summed E-state index contributed by atoms with van der Waals surface area (Å²) in [7, 11) is 0. The number of rotatable bonds is 4. The summed E-state index contributed by atoms with van der Waals surface area (Å²) in [5, 5.41) is 9.35. The van der Waals surface area contributed by atoms with E-state index in [4.69, 9.17) is 4.74 Å². The maximum atomic E-state index is 13.0. The fraction of sp³-hybridized carbons (Fsp3) is 0.550.